The van der Waals surface area contributed by atoms with E-state index in [4.69, 9.17) is 0 Å². The second kappa shape index (κ2) is 18.0. The van der Waals surface area contributed by atoms with Crippen molar-refractivity contribution in [3.8, 4) is 0 Å². The SMILES string of the molecule is CCCCCC/C=C\C/C=C\CCCCCCCBr. The van der Waals surface area contributed by atoms with Crippen LogP contribution in [0.15, 0.2) is 24.3 Å². The molecule has 0 N–H and O–H groups in total. The molecule has 0 aliphatic carbocycles. The molecular formula is C18H33Br. The monoisotopic (exact) mass is 328 g/mol. The van der Waals surface area contributed by atoms with Crippen LogP contribution in [0.2, 0.25) is 0 Å². The number of rotatable bonds is 14. The van der Waals surface area contributed by atoms with E-state index >= 15 is 0 Å². The van der Waals surface area contributed by atoms with Crippen LogP contribution in [-0.2, 0) is 0 Å². The van der Waals surface area contributed by atoms with Gasteiger partial charge in [-0.1, -0.05) is 85.7 Å². The van der Waals surface area contributed by atoms with Gasteiger partial charge in [0.05, 0.1) is 0 Å². The van der Waals surface area contributed by atoms with Gasteiger partial charge >= 0.3 is 0 Å². The zero-order valence-corrected chi connectivity index (χ0v) is 14.5. The molecule has 0 spiro atoms. The number of alkyl halides is 1. The molecular weight excluding hydrogens is 296 g/mol. The van der Waals surface area contributed by atoms with E-state index in [1.807, 2.05) is 0 Å². The molecule has 0 nitrogen and oxygen atoms in total. The van der Waals surface area contributed by atoms with Crippen molar-refractivity contribution >= 4 is 15.9 Å². The molecule has 0 amide bonds. The molecule has 0 bridgehead atoms. The highest BCUT2D eigenvalue weighted by Crippen LogP contribution is 2.07. The first-order valence-corrected chi connectivity index (χ1v) is 9.40. The van der Waals surface area contributed by atoms with Gasteiger partial charge in [-0.3, -0.25) is 0 Å². The first-order valence-electron chi connectivity index (χ1n) is 8.27. The maximum atomic E-state index is 3.47. The van der Waals surface area contributed by atoms with Crippen LogP contribution in [0.1, 0.15) is 84.0 Å². The molecule has 0 unspecified atom stereocenters. The van der Waals surface area contributed by atoms with Gasteiger partial charge in [-0.05, 0) is 38.5 Å². The maximum Gasteiger partial charge on any atom is 0.00313 e. The molecule has 0 aromatic heterocycles. The van der Waals surface area contributed by atoms with Gasteiger partial charge in [-0.25, -0.2) is 0 Å². The highest BCUT2D eigenvalue weighted by molar-refractivity contribution is 9.09. The van der Waals surface area contributed by atoms with Crippen LogP contribution in [0.25, 0.3) is 0 Å². The maximum absolute atomic E-state index is 3.47. The summed E-state index contributed by atoms with van der Waals surface area (Å²) in [6.07, 6.45) is 25.3. The highest BCUT2D eigenvalue weighted by Gasteiger charge is 1.88. The summed E-state index contributed by atoms with van der Waals surface area (Å²) in [6, 6.07) is 0. The van der Waals surface area contributed by atoms with Gasteiger partial charge in [0, 0.05) is 5.33 Å². The van der Waals surface area contributed by atoms with E-state index in [-0.39, 0.29) is 0 Å². The van der Waals surface area contributed by atoms with Crippen LogP contribution in [0.3, 0.4) is 0 Å². The molecule has 0 rings (SSSR count). The largest absolute Gasteiger partial charge is 0.0928 e. The average Bonchev–Trinajstić information content (AvgIpc) is 2.43. The van der Waals surface area contributed by atoms with E-state index < -0.39 is 0 Å². The minimum Gasteiger partial charge on any atom is -0.0928 e. The molecule has 0 fully saturated rings. The summed E-state index contributed by atoms with van der Waals surface area (Å²) in [6.45, 7) is 2.27. The van der Waals surface area contributed by atoms with Gasteiger partial charge in [-0.15, -0.1) is 0 Å². The molecule has 0 heterocycles. The van der Waals surface area contributed by atoms with Gasteiger partial charge in [0.25, 0.3) is 0 Å². The van der Waals surface area contributed by atoms with E-state index in [1.165, 1.54) is 70.6 Å². The third-order valence-corrected chi connectivity index (χ3v) is 3.89. The van der Waals surface area contributed by atoms with Crippen molar-refractivity contribution < 1.29 is 0 Å². The molecule has 0 radical (unpaired) electrons. The molecule has 0 saturated heterocycles. The summed E-state index contributed by atoms with van der Waals surface area (Å²) in [5.74, 6) is 0. The lowest BCUT2D eigenvalue weighted by Crippen LogP contribution is -1.79. The minimum absolute atomic E-state index is 1.12. The number of allylic oxidation sites excluding steroid dienone is 4. The first-order chi connectivity index (χ1) is 9.41. The summed E-state index contributed by atoms with van der Waals surface area (Å²) in [5, 5.41) is 1.16. The topological polar surface area (TPSA) is 0 Å². The standard InChI is InChI=1S/C18H33Br/c1-2-3-4-5-6-7-8-9-10-11-12-13-14-15-16-17-18-19/h7-8,10-11H,2-6,9,12-18H2,1H3/b8-7-,11-10-. The number of hydrogen-bond donors (Lipinski definition) is 0. The molecule has 0 aromatic carbocycles. The van der Waals surface area contributed by atoms with E-state index in [0.29, 0.717) is 0 Å². The van der Waals surface area contributed by atoms with Gasteiger partial charge in [0.2, 0.25) is 0 Å². The Balaban J connectivity index is 3.14. The van der Waals surface area contributed by atoms with Crippen LogP contribution in [0, 0.1) is 0 Å². The Bertz CT molecular complexity index is 206. The van der Waals surface area contributed by atoms with Crippen molar-refractivity contribution in [3.05, 3.63) is 24.3 Å². The third-order valence-electron chi connectivity index (χ3n) is 3.33. The highest BCUT2D eigenvalue weighted by atomic mass is 79.9. The fourth-order valence-corrected chi connectivity index (χ4v) is 2.48. The van der Waals surface area contributed by atoms with Crippen molar-refractivity contribution in [3.63, 3.8) is 0 Å². The number of halogens is 1. The summed E-state index contributed by atoms with van der Waals surface area (Å²) in [5.41, 5.74) is 0. The lowest BCUT2D eigenvalue weighted by molar-refractivity contribution is 0.641. The average molecular weight is 329 g/mol. The normalized spacial score (nSPS) is 11.9. The third kappa shape index (κ3) is 18.0. The molecule has 0 atom stereocenters. The van der Waals surface area contributed by atoms with Gasteiger partial charge in [0.1, 0.15) is 0 Å². The molecule has 0 aliphatic heterocycles. The molecule has 0 aliphatic rings. The molecule has 112 valence electrons. The summed E-state index contributed by atoms with van der Waals surface area (Å²) >= 11 is 3.47. The quantitative estimate of drug-likeness (QED) is 0.180. The van der Waals surface area contributed by atoms with Crippen LogP contribution in [0.5, 0.6) is 0 Å². The van der Waals surface area contributed by atoms with Gasteiger partial charge in [0.15, 0.2) is 0 Å². The Morgan fingerprint density at radius 2 is 1.16 bits per heavy atom. The van der Waals surface area contributed by atoms with Gasteiger partial charge < -0.3 is 0 Å². The first kappa shape index (κ1) is 19.0. The Kier molecular flexibility index (Phi) is 17.9. The predicted octanol–water partition coefficient (Wildman–Crippen LogP) is 7.19. The summed E-state index contributed by atoms with van der Waals surface area (Å²) in [4.78, 5) is 0. The van der Waals surface area contributed by atoms with Crippen LogP contribution < -0.4 is 0 Å². The summed E-state index contributed by atoms with van der Waals surface area (Å²) < 4.78 is 0. The lowest BCUT2D eigenvalue weighted by atomic mass is 10.1. The van der Waals surface area contributed by atoms with Crippen molar-refractivity contribution in [2.75, 3.05) is 5.33 Å². The lowest BCUT2D eigenvalue weighted by Gasteiger charge is -1.97. The molecule has 0 saturated carbocycles. The molecule has 1 heteroatoms. The Labute approximate surface area is 129 Å². The van der Waals surface area contributed by atoms with E-state index in [2.05, 4.69) is 47.2 Å². The number of unbranched alkanes of at least 4 members (excludes halogenated alkanes) is 9. The number of hydrogen-bond acceptors (Lipinski definition) is 0. The minimum atomic E-state index is 1.12. The predicted molar refractivity (Wildman–Crippen MR) is 93.2 cm³/mol. The van der Waals surface area contributed by atoms with Crippen molar-refractivity contribution in [2.24, 2.45) is 0 Å². The molecule has 0 aromatic rings. The second-order valence-electron chi connectivity index (χ2n) is 5.27. The zero-order chi connectivity index (χ0) is 14.0. The van der Waals surface area contributed by atoms with Crippen LogP contribution in [0.4, 0.5) is 0 Å². The molecule has 19 heavy (non-hydrogen) atoms. The zero-order valence-electron chi connectivity index (χ0n) is 12.9. The second-order valence-corrected chi connectivity index (χ2v) is 6.07. The van der Waals surface area contributed by atoms with Crippen LogP contribution in [-0.4, -0.2) is 5.33 Å². The van der Waals surface area contributed by atoms with E-state index in [0.717, 1.165) is 11.8 Å². The van der Waals surface area contributed by atoms with Crippen molar-refractivity contribution in [1.29, 1.82) is 0 Å². The fraction of sp³-hybridized carbons (Fsp3) is 0.778. The Morgan fingerprint density at radius 3 is 1.74 bits per heavy atom. The van der Waals surface area contributed by atoms with Gasteiger partial charge in [-0.2, -0.15) is 0 Å². The van der Waals surface area contributed by atoms with E-state index in [1.54, 1.807) is 0 Å². The fourth-order valence-electron chi connectivity index (χ4n) is 2.08. The van der Waals surface area contributed by atoms with Crippen LogP contribution >= 0.6 is 15.9 Å². The Hall–Kier alpha value is -0.0400. The Morgan fingerprint density at radius 1 is 0.632 bits per heavy atom. The van der Waals surface area contributed by atoms with Crippen molar-refractivity contribution in [1.82, 2.24) is 0 Å². The van der Waals surface area contributed by atoms with E-state index in [9.17, 15) is 0 Å². The summed E-state index contributed by atoms with van der Waals surface area (Å²) in [7, 11) is 0. The smallest absolute Gasteiger partial charge is 0.00313 e. The van der Waals surface area contributed by atoms with Crippen molar-refractivity contribution in [2.45, 2.75) is 84.0 Å².